The average Bonchev–Trinajstić information content (AvgIpc) is 2.75. The molecule has 0 saturated heterocycles. The second kappa shape index (κ2) is 26.3. The lowest BCUT2D eigenvalue weighted by Gasteiger charge is -2.06. The van der Waals surface area contributed by atoms with Crippen LogP contribution in [0.25, 0.3) is 0 Å². The summed E-state index contributed by atoms with van der Waals surface area (Å²) in [7, 11) is 0. The van der Waals surface area contributed by atoms with Crippen molar-refractivity contribution in [3.63, 3.8) is 0 Å². The minimum atomic E-state index is -0.480. The van der Waals surface area contributed by atoms with Crippen molar-refractivity contribution in [2.75, 3.05) is 13.2 Å². The van der Waals surface area contributed by atoms with E-state index in [1.165, 1.54) is 116 Å². The van der Waals surface area contributed by atoms with Crippen molar-refractivity contribution in [1.82, 2.24) is 0 Å². The Morgan fingerprint density at radius 3 is 0.900 bits per heavy atom. The molecule has 3 heteroatoms. The summed E-state index contributed by atoms with van der Waals surface area (Å²) in [6.07, 6.45) is 28.3. The van der Waals surface area contributed by atoms with E-state index >= 15 is 0 Å². The van der Waals surface area contributed by atoms with Gasteiger partial charge in [-0.25, -0.2) is 4.79 Å². The molecule has 0 aromatic rings. The van der Waals surface area contributed by atoms with Gasteiger partial charge in [0, 0.05) is 0 Å². The summed E-state index contributed by atoms with van der Waals surface area (Å²) in [4.78, 5) is 11.5. The second-order valence-corrected chi connectivity index (χ2v) is 9.02. The fourth-order valence-corrected chi connectivity index (χ4v) is 3.89. The molecule has 0 fully saturated rings. The summed E-state index contributed by atoms with van der Waals surface area (Å²) in [5.74, 6) is 0. The van der Waals surface area contributed by atoms with Gasteiger partial charge in [0.1, 0.15) is 0 Å². The third kappa shape index (κ3) is 25.3. The molecule has 0 aliphatic rings. The summed E-state index contributed by atoms with van der Waals surface area (Å²) in [5, 5.41) is 0. The standard InChI is InChI=1S/C27H54O3/c1-3-5-7-9-11-12-13-14-15-16-17-18-20-22-24-26-30-27(28)29-25-23-21-19-10-8-6-4-2/h3-26H2,1-2H3. The fourth-order valence-electron chi connectivity index (χ4n) is 3.89. The molecule has 0 heterocycles. The normalized spacial score (nSPS) is 11.0. The highest BCUT2D eigenvalue weighted by Crippen LogP contribution is 2.13. The van der Waals surface area contributed by atoms with Gasteiger partial charge >= 0.3 is 6.16 Å². The summed E-state index contributed by atoms with van der Waals surface area (Å²) < 4.78 is 10.3. The quantitative estimate of drug-likeness (QED) is 0.114. The fraction of sp³-hybridized carbons (Fsp3) is 0.963. The highest BCUT2D eigenvalue weighted by Gasteiger charge is 2.03. The van der Waals surface area contributed by atoms with Crippen LogP contribution in [-0.4, -0.2) is 19.4 Å². The lowest BCUT2D eigenvalue weighted by atomic mass is 10.0. The molecular weight excluding hydrogens is 372 g/mol. The number of rotatable bonds is 24. The molecule has 0 aliphatic carbocycles. The van der Waals surface area contributed by atoms with E-state index in [0.717, 1.165) is 25.7 Å². The molecule has 3 nitrogen and oxygen atoms in total. The number of ether oxygens (including phenoxy) is 2. The van der Waals surface area contributed by atoms with Gasteiger partial charge in [0.15, 0.2) is 0 Å². The van der Waals surface area contributed by atoms with Crippen LogP contribution in [0.15, 0.2) is 0 Å². The first-order valence-electron chi connectivity index (χ1n) is 13.6. The second-order valence-electron chi connectivity index (χ2n) is 9.02. The van der Waals surface area contributed by atoms with Gasteiger partial charge in [-0.2, -0.15) is 0 Å². The zero-order valence-corrected chi connectivity index (χ0v) is 20.7. The van der Waals surface area contributed by atoms with Crippen molar-refractivity contribution in [2.45, 2.75) is 155 Å². The Labute approximate surface area is 189 Å². The minimum absolute atomic E-state index is 0.480. The first-order valence-corrected chi connectivity index (χ1v) is 13.6. The van der Waals surface area contributed by atoms with E-state index in [2.05, 4.69) is 13.8 Å². The number of hydrogen-bond donors (Lipinski definition) is 0. The van der Waals surface area contributed by atoms with E-state index in [-0.39, 0.29) is 0 Å². The number of carbonyl (C=O) groups is 1. The van der Waals surface area contributed by atoms with Crippen LogP contribution < -0.4 is 0 Å². The van der Waals surface area contributed by atoms with Crippen molar-refractivity contribution < 1.29 is 14.3 Å². The molecule has 0 bridgehead atoms. The van der Waals surface area contributed by atoms with Gasteiger partial charge in [-0.1, -0.05) is 142 Å². The molecule has 0 spiro atoms. The summed E-state index contributed by atoms with van der Waals surface area (Å²) in [6, 6.07) is 0. The topological polar surface area (TPSA) is 35.5 Å². The van der Waals surface area contributed by atoms with Crippen molar-refractivity contribution >= 4 is 6.16 Å². The van der Waals surface area contributed by atoms with E-state index in [9.17, 15) is 4.79 Å². The first kappa shape index (κ1) is 29.3. The van der Waals surface area contributed by atoms with Crippen LogP contribution >= 0.6 is 0 Å². The van der Waals surface area contributed by atoms with Gasteiger partial charge in [-0.15, -0.1) is 0 Å². The third-order valence-corrected chi connectivity index (χ3v) is 5.94. The molecule has 30 heavy (non-hydrogen) atoms. The Bertz CT molecular complexity index is 330. The Morgan fingerprint density at radius 1 is 0.400 bits per heavy atom. The van der Waals surface area contributed by atoms with Gasteiger partial charge in [-0.3, -0.25) is 0 Å². The monoisotopic (exact) mass is 426 g/mol. The van der Waals surface area contributed by atoms with Crippen molar-refractivity contribution in [1.29, 1.82) is 0 Å². The average molecular weight is 427 g/mol. The highest BCUT2D eigenvalue weighted by molar-refractivity contribution is 5.59. The van der Waals surface area contributed by atoms with Crippen LogP contribution in [0.5, 0.6) is 0 Å². The number of hydrogen-bond acceptors (Lipinski definition) is 3. The SMILES string of the molecule is CCCCCCCCCCCCCCCCCOC(=O)OCCCCCCCCC. The number of carbonyl (C=O) groups excluding carboxylic acids is 1. The van der Waals surface area contributed by atoms with Crippen molar-refractivity contribution in [2.24, 2.45) is 0 Å². The maximum Gasteiger partial charge on any atom is 0.508 e. The van der Waals surface area contributed by atoms with Gasteiger partial charge in [-0.05, 0) is 12.8 Å². The Balaban J connectivity index is 3.12. The Morgan fingerprint density at radius 2 is 0.633 bits per heavy atom. The first-order chi connectivity index (χ1) is 14.8. The molecule has 0 amide bonds. The van der Waals surface area contributed by atoms with Gasteiger partial charge in [0.2, 0.25) is 0 Å². The van der Waals surface area contributed by atoms with Crippen molar-refractivity contribution in [3.8, 4) is 0 Å². The highest BCUT2D eigenvalue weighted by atomic mass is 16.7. The van der Waals surface area contributed by atoms with Crippen LogP contribution in [0, 0.1) is 0 Å². The van der Waals surface area contributed by atoms with E-state index in [1.807, 2.05) is 0 Å². The Hall–Kier alpha value is -0.730. The van der Waals surface area contributed by atoms with E-state index in [0.29, 0.717) is 13.2 Å². The molecule has 180 valence electrons. The van der Waals surface area contributed by atoms with Crippen LogP contribution in [0.1, 0.15) is 155 Å². The van der Waals surface area contributed by atoms with Gasteiger partial charge < -0.3 is 9.47 Å². The van der Waals surface area contributed by atoms with Gasteiger partial charge in [0.05, 0.1) is 13.2 Å². The Kier molecular flexibility index (Phi) is 25.7. The lowest BCUT2D eigenvalue weighted by molar-refractivity contribution is 0.0529. The molecule has 0 aromatic carbocycles. The van der Waals surface area contributed by atoms with E-state index in [1.54, 1.807) is 0 Å². The van der Waals surface area contributed by atoms with Crippen LogP contribution in [-0.2, 0) is 9.47 Å². The summed E-state index contributed by atoms with van der Waals surface area (Å²) in [6.45, 7) is 5.53. The lowest BCUT2D eigenvalue weighted by Crippen LogP contribution is -2.09. The zero-order valence-electron chi connectivity index (χ0n) is 20.7. The molecule has 0 radical (unpaired) electrons. The van der Waals surface area contributed by atoms with E-state index in [4.69, 9.17) is 9.47 Å². The molecule has 0 rings (SSSR count). The largest absolute Gasteiger partial charge is 0.508 e. The maximum atomic E-state index is 11.5. The summed E-state index contributed by atoms with van der Waals surface area (Å²) >= 11 is 0. The van der Waals surface area contributed by atoms with E-state index < -0.39 is 6.16 Å². The smallest absolute Gasteiger partial charge is 0.434 e. The molecule has 0 N–H and O–H groups in total. The summed E-state index contributed by atoms with van der Waals surface area (Å²) in [5.41, 5.74) is 0. The molecule has 0 aromatic heterocycles. The third-order valence-electron chi connectivity index (χ3n) is 5.94. The van der Waals surface area contributed by atoms with Crippen LogP contribution in [0.3, 0.4) is 0 Å². The van der Waals surface area contributed by atoms with Crippen LogP contribution in [0.2, 0.25) is 0 Å². The molecule has 0 saturated carbocycles. The molecule has 0 unspecified atom stereocenters. The van der Waals surface area contributed by atoms with Gasteiger partial charge in [0.25, 0.3) is 0 Å². The van der Waals surface area contributed by atoms with Crippen LogP contribution in [0.4, 0.5) is 4.79 Å². The zero-order chi connectivity index (χ0) is 22.0. The maximum absolute atomic E-state index is 11.5. The predicted octanol–water partition coefficient (Wildman–Crippen LogP) is 9.76. The molecule has 0 aliphatic heterocycles. The minimum Gasteiger partial charge on any atom is -0.434 e. The van der Waals surface area contributed by atoms with Crippen molar-refractivity contribution in [3.05, 3.63) is 0 Å². The molecule has 0 atom stereocenters. The molecular formula is C27H54O3. The number of unbranched alkanes of at least 4 members (excludes halogenated alkanes) is 20. The predicted molar refractivity (Wildman–Crippen MR) is 130 cm³/mol.